The van der Waals surface area contributed by atoms with Crippen LogP contribution in [0.4, 0.5) is 0 Å². The largest absolute Gasteiger partial charge is 0.356 e. The van der Waals surface area contributed by atoms with Crippen molar-refractivity contribution >= 4 is 17.8 Å². The minimum Gasteiger partial charge on any atom is -0.356 e. The number of piperidine rings is 1. The predicted molar refractivity (Wildman–Crippen MR) is 118 cm³/mol. The number of carbonyl (C=O) groups is 2. The molecular formula is C23H37N5O2. The van der Waals surface area contributed by atoms with Gasteiger partial charge in [-0.15, -0.1) is 0 Å². The van der Waals surface area contributed by atoms with Crippen molar-refractivity contribution < 1.29 is 9.59 Å². The molecule has 2 aliphatic carbocycles. The van der Waals surface area contributed by atoms with Crippen LogP contribution in [0.5, 0.6) is 0 Å². The van der Waals surface area contributed by atoms with Crippen molar-refractivity contribution in [2.45, 2.75) is 33.1 Å². The summed E-state index contributed by atoms with van der Waals surface area (Å²) < 4.78 is 0. The number of allylic oxidation sites excluding steroid dienone is 2. The second-order valence-corrected chi connectivity index (χ2v) is 9.81. The van der Waals surface area contributed by atoms with Crippen LogP contribution in [0.2, 0.25) is 0 Å². The predicted octanol–water partition coefficient (Wildman–Crippen LogP) is 1.33. The molecule has 4 rings (SSSR count). The van der Waals surface area contributed by atoms with Gasteiger partial charge in [0.25, 0.3) is 0 Å². The van der Waals surface area contributed by atoms with Crippen molar-refractivity contribution in [3.63, 3.8) is 0 Å². The number of carbonyl (C=O) groups excluding carboxylic acids is 2. The molecule has 2 saturated heterocycles. The van der Waals surface area contributed by atoms with E-state index in [0.29, 0.717) is 13.1 Å². The van der Waals surface area contributed by atoms with Gasteiger partial charge in [-0.25, -0.2) is 0 Å². The van der Waals surface area contributed by atoms with Crippen LogP contribution in [0.3, 0.4) is 0 Å². The first-order valence-corrected chi connectivity index (χ1v) is 11.7. The number of amides is 2. The molecule has 0 radical (unpaired) electrons. The highest BCUT2D eigenvalue weighted by molar-refractivity contribution is 6.06. The highest BCUT2D eigenvalue weighted by Gasteiger charge is 2.58. The van der Waals surface area contributed by atoms with Gasteiger partial charge in [0.05, 0.1) is 11.8 Å². The molecule has 6 atom stereocenters. The molecule has 30 heavy (non-hydrogen) atoms. The fraction of sp³-hybridized carbons (Fsp3) is 0.783. The normalized spacial score (nSPS) is 36.0. The minimum atomic E-state index is -0.106. The van der Waals surface area contributed by atoms with Crippen LogP contribution in [0.15, 0.2) is 17.1 Å². The Hall–Kier alpha value is -1.89. The van der Waals surface area contributed by atoms with E-state index in [0.717, 1.165) is 43.7 Å². The third-order valence-electron chi connectivity index (χ3n) is 7.30. The molecule has 166 valence electrons. The molecule has 0 aromatic heterocycles. The highest BCUT2D eigenvalue weighted by atomic mass is 16.2. The zero-order valence-corrected chi connectivity index (χ0v) is 18.6. The lowest BCUT2D eigenvalue weighted by atomic mass is 9.85. The molecule has 7 heteroatoms. The summed E-state index contributed by atoms with van der Waals surface area (Å²) in [6.07, 6.45) is 7.66. The summed E-state index contributed by atoms with van der Waals surface area (Å²) in [7, 11) is 1.75. The second kappa shape index (κ2) is 9.08. The summed E-state index contributed by atoms with van der Waals surface area (Å²) in [5.74, 6) is 2.69. The monoisotopic (exact) mass is 415 g/mol. The first-order valence-electron chi connectivity index (χ1n) is 11.7. The number of aliphatic imine (C=N–C) groups is 1. The van der Waals surface area contributed by atoms with E-state index in [2.05, 4.69) is 46.5 Å². The molecule has 0 spiro atoms. The van der Waals surface area contributed by atoms with Crippen LogP contribution < -0.4 is 10.6 Å². The number of guanidine groups is 1. The quantitative estimate of drug-likeness (QED) is 0.216. The van der Waals surface area contributed by atoms with E-state index in [9.17, 15) is 9.59 Å². The number of imide groups is 1. The van der Waals surface area contributed by atoms with Gasteiger partial charge in [-0.05, 0) is 49.5 Å². The Morgan fingerprint density at radius 2 is 1.57 bits per heavy atom. The first-order chi connectivity index (χ1) is 14.5. The number of nitrogens with one attached hydrogen (secondary N) is 2. The van der Waals surface area contributed by atoms with Crippen LogP contribution >= 0.6 is 0 Å². The zero-order valence-electron chi connectivity index (χ0n) is 18.6. The summed E-state index contributed by atoms with van der Waals surface area (Å²) in [6.45, 7) is 10.0. The average Bonchev–Trinajstić information content (AvgIpc) is 3.38. The number of likely N-dealkylation sites (tertiary alicyclic amines) is 2. The lowest BCUT2D eigenvalue weighted by Gasteiger charge is -2.35. The van der Waals surface area contributed by atoms with Gasteiger partial charge in [0.2, 0.25) is 11.8 Å². The molecule has 2 aliphatic heterocycles. The van der Waals surface area contributed by atoms with Crippen molar-refractivity contribution in [1.29, 1.82) is 0 Å². The van der Waals surface area contributed by atoms with Crippen molar-refractivity contribution in [3.05, 3.63) is 12.2 Å². The molecule has 1 saturated carbocycles. The van der Waals surface area contributed by atoms with Crippen molar-refractivity contribution in [1.82, 2.24) is 20.4 Å². The van der Waals surface area contributed by atoms with Gasteiger partial charge in [-0.1, -0.05) is 26.0 Å². The number of hydrogen-bond donors (Lipinski definition) is 2. The smallest absolute Gasteiger partial charge is 0.233 e. The van der Waals surface area contributed by atoms with Crippen LogP contribution in [0.25, 0.3) is 0 Å². The van der Waals surface area contributed by atoms with Gasteiger partial charge in [0.15, 0.2) is 5.96 Å². The lowest BCUT2D eigenvalue weighted by molar-refractivity contribution is -0.140. The third-order valence-corrected chi connectivity index (χ3v) is 7.30. The van der Waals surface area contributed by atoms with E-state index in [1.54, 1.807) is 7.05 Å². The maximum Gasteiger partial charge on any atom is 0.233 e. The van der Waals surface area contributed by atoms with E-state index in [1.807, 2.05) is 0 Å². The van der Waals surface area contributed by atoms with Crippen LogP contribution in [0, 0.1) is 35.5 Å². The minimum absolute atomic E-state index is 0.0246. The van der Waals surface area contributed by atoms with E-state index < -0.39 is 0 Å². The average molecular weight is 416 g/mol. The van der Waals surface area contributed by atoms with E-state index in [1.165, 1.54) is 24.4 Å². The highest BCUT2D eigenvalue weighted by Crippen LogP contribution is 2.52. The van der Waals surface area contributed by atoms with Gasteiger partial charge in [-0.3, -0.25) is 19.5 Å². The summed E-state index contributed by atoms with van der Waals surface area (Å²) in [5, 5.41) is 6.61. The lowest BCUT2D eigenvalue weighted by Crippen LogP contribution is -2.44. The van der Waals surface area contributed by atoms with Crippen LogP contribution in [0.1, 0.15) is 33.1 Å². The van der Waals surface area contributed by atoms with Crippen molar-refractivity contribution in [2.24, 2.45) is 40.5 Å². The molecular weight excluding hydrogens is 378 g/mol. The molecule has 6 unspecified atom stereocenters. The summed E-state index contributed by atoms with van der Waals surface area (Å²) in [6, 6.07) is 0. The molecule has 2 amide bonds. The second-order valence-electron chi connectivity index (χ2n) is 9.81. The van der Waals surface area contributed by atoms with Gasteiger partial charge in [0.1, 0.15) is 0 Å². The Kier molecular flexibility index (Phi) is 6.46. The maximum absolute atomic E-state index is 12.7. The molecule has 3 fully saturated rings. The van der Waals surface area contributed by atoms with Crippen LogP contribution in [-0.4, -0.2) is 73.9 Å². The molecule has 4 aliphatic rings. The Bertz CT molecular complexity index is 680. The Balaban J connectivity index is 1.15. The number of hydrogen-bond acceptors (Lipinski definition) is 4. The first kappa shape index (κ1) is 21.3. The zero-order chi connectivity index (χ0) is 21.3. The Morgan fingerprint density at radius 1 is 0.967 bits per heavy atom. The maximum atomic E-state index is 12.7. The molecule has 0 aromatic rings. The van der Waals surface area contributed by atoms with Crippen molar-refractivity contribution in [2.75, 3.05) is 46.3 Å². The van der Waals surface area contributed by atoms with Gasteiger partial charge in [-0.2, -0.15) is 0 Å². The third kappa shape index (κ3) is 4.27. The number of fused-ring (bicyclic) bond motifs is 5. The van der Waals surface area contributed by atoms with E-state index in [-0.39, 0.29) is 35.5 Å². The Morgan fingerprint density at radius 3 is 2.17 bits per heavy atom. The fourth-order valence-corrected chi connectivity index (χ4v) is 6.18. The van der Waals surface area contributed by atoms with E-state index in [4.69, 9.17) is 0 Å². The number of nitrogens with zero attached hydrogens (tertiary/aromatic N) is 3. The molecule has 2 bridgehead atoms. The summed E-state index contributed by atoms with van der Waals surface area (Å²) in [5.41, 5.74) is 0. The molecule has 0 aromatic carbocycles. The molecule has 2 N–H and O–H groups in total. The fourth-order valence-electron chi connectivity index (χ4n) is 6.18. The van der Waals surface area contributed by atoms with Gasteiger partial charge >= 0.3 is 0 Å². The topological polar surface area (TPSA) is 77.0 Å². The summed E-state index contributed by atoms with van der Waals surface area (Å²) >= 11 is 0. The van der Waals surface area contributed by atoms with E-state index >= 15 is 0 Å². The van der Waals surface area contributed by atoms with Gasteiger partial charge < -0.3 is 15.5 Å². The number of rotatable bonds is 7. The molecule has 7 nitrogen and oxygen atoms in total. The molecule has 2 heterocycles. The van der Waals surface area contributed by atoms with Crippen molar-refractivity contribution in [3.8, 4) is 0 Å². The van der Waals surface area contributed by atoms with Crippen LogP contribution in [-0.2, 0) is 9.59 Å². The standard InChI is InChI=1S/C23H37N5O2/c1-15-11-16(2)14-27(13-15)9-4-7-25-23(24-3)26-8-10-28-21(29)19-17-5-6-18(12-17)20(19)22(28)30/h5-6,15-20H,4,7-14H2,1-3H3,(H2,24,25,26). The van der Waals surface area contributed by atoms with Gasteiger partial charge in [0, 0.05) is 39.8 Å². The SMILES string of the molecule is CN=C(NCCCN1CC(C)CC(C)C1)NCCN1C(=O)C2C3C=CC(C3)C2C1=O. The Labute approximate surface area is 180 Å². The summed E-state index contributed by atoms with van der Waals surface area (Å²) in [4.78, 5) is 33.8.